The SMILES string of the molecule is CCN(Cc1ccccc1)C(=O)CNC(=O)CCN.Cl. The number of likely N-dealkylation sites (N-methyl/N-ethyl adjacent to an activating group) is 1. The van der Waals surface area contributed by atoms with Crippen LogP contribution in [0.2, 0.25) is 0 Å². The average Bonchev–Trinajstić information content (AvgIpc) is 2.43. The molecule has 0 heterocycles. The summed E-state index contributed by atoms with van der Waals surface area (Å²) < 4.78 is 0. The number of amides is 2. The van der Waals surface area contributed by atoms with Crippen LogP contribution in [0.15, 0.2) is 30.3 Å². The summed E-state index contributed by atoms with van der Waals surface area (Å²) in [6.45, 7) is 3.41. The van der Waals surface area contributed by atoms with Gasteiger partial charge in [-0.05, 0) is 12.5 Å². The highest BCUT2D eigenvalue weighted by Gasteiger charge is 2.12. The molecule has 0 aliphatic carbocycles. The lowest BCUT2D eigenvalue weighted by Gasteiger charge is -2.21. The maximum absolute atomic E-state index is 12.0. The van der Waals surface area contributed by atoms with Crippen molar-refractivity contribution in [1.82, 2.24) is 10.2 Å². The third-order valence-electron chi connectivity index (χ3n) is 2.76. The molecule has 1 aromatic rings. The van der Waals surface area contributed by atoms with Gasteiger partial charge in [-0.2, -0.15) is 0 Å². The molecule has 0 radical (unpaired) electrons. The van der Waals surface area contributed by atoms with E-state index in [1.807, 2.05) is 37.3 Å². The Morgan fingerprint density at radius 1 is 1.25 bits per heavy atom. The van der Waals surface area contributed by atoms with E-state index in [9.17, 15) is 9.59 Å². The summed E-state index contributed by atoms with van der Waals surface area (Å²) in [7, 11) is 0. The van der Waals surface area contributed by atoms with Crippen molar-refractivity contribution in [3.05, 3.63) is 35.9 Å². The molecular weight excluding hydrogens is 278 g/mol. The monoisotopic (exact) mass is 299 g/mol. The zero-order valence-electron chi connectivity index (χ0n) is 11.7. The number of benzene rings is 1. The molecule has 0 aromatic heterocycles. The van der Waals surface area contributed by atoms with Crippen molar-refractivity contribution in [2.24, 2.45) is 5.73 Å². The molecule has 0 aliphatic heterocycles. The molecule has 1 aromatic carbocycles. The fourth-order valence-corrected chi connectivity index (χ4v) is 1.69. The Bertz CT molecular complexity index is 412. The van der Waals surface area contributed by atoms with Crippen molar-refractivity contribution >= 4 is 24.2 Å². The van der Waals surface area contributed by atoms with E-state index in [0.717, 1.165) is 5.56 Å². The second-order valence-electron chi connectivity index (χ2n) is 4.21. The van der Waals surface area contributed by atoms with E-state index >= 15 is 0 Å². The second kappa shape index (κ2) is 10.2. The number of halogens is 1. The standard InChI is InChI=1S/C14H21N3O2.ClH/c1-2-17(11-12-6-4-3-5-7-12)14(19)10-16-13(18)8-9-15;/h3-7H,2,8-11,15H2,1H3,(H,16,18);1H. The fraction of sp³-hybridized carbons (Fsp3) is 0.429. The number of hydrogen-bond acceptors (Lipinski definition) is 3. The minimum atomic E-state index is -0.188. The largest absolute Gasteiger partial charge is 0.347 e. The Balaban J connectivity index is 0.00000361. The number of rotatable bonds is 7. The minimum Gasteiger partial charge on any atom is -0.347 e. The van der Waals surface area contributed by atoms with Gasteiger partial charge < -0.3 is 16.0 Å². The Labute approximate surface area is 125 Å². The van der Waals surface area contributed by atoms with Crippen molar-refractivity contribution in [2.75, 3.05) is 19.6 Å². The molecule has 2 amide bonds. The van der Waals surface area contributed by atoms with Crippen molar-refractivity contribution in [3.8, 4) is 0 Å². The molecule has 0 atom stereocenters. The van der Waals surface area contributed by atoms with Gasteiger partial charge in [0.05, 0.1) is 6.54 Å². The molecule has 0 spiro atoms. The molecule has 0 aliphatic rings. The molecule has 0 unspecified atom stereocenters. The van der Waals surface area contributed by atoms with Crippen LogP contribution in [0.4, 0.5) is 0 Å². The molecule has 1 rings (SSSR count). The zero-order valence-corrected chi connectivity index (χ0v) is 12.5. The first-order valence-corrected chi connectivity index (χ1v) is 6.45. The zero-order chi connectivity index (χ0) is 14.1. The number of nitrogens with zero attached hydrogens (tertiary/aromatic N) is 1. The Kier molecular flexibility index (Phi) is 9.41. The maximum Gasteiger partial charge on any atom is 0.242 e. The van der Waals surface area contributed by atoms with E-state index in [0.29, 0.717) is 19.6 Å². The van der Waals surface area contributed by atoms with Crippen molar-refractivity contribution in [1.29, 1.82) is 0 Å². The van der Waals surface area contributed by atoms with Crippen LogP contribution in [-0.4, -0.2) is 36.3 Å². The summed E-state index contributed by atoms with van der Waals surface area (Å²) >= 11 is 0. The summed E-state index contributed by atoms with van der Waals surface area (Å²) in [5.74, 6) is -0.275. The second-order valence-corrected chi connectivity index (χ2v) is 4.21. The molecule has 0 bridgehead atoms. The van der Waals surface area contributed by atoms with Gasteiger partial charge in [0.1, 0.15) is 0 Å². The molecule has 20 heavy (non-hydrogen) atoms. The minimum absolute atomic E-state index is 0. The van der Waals surface area contributed by atoms with Gasteiger partial charge in [0.2, 0.25) is 11.8 Å². The third kappa shape index (κ3) is 6.54. The highest BCUT2D eigenvalue weighted by Crippen LogP contribution is 2.04. The molecular formula is C14H22ClN3O2. The average molecular weight is 300 g/mol. The van der Waals surface area contributed by atoms with E-state index < -0.39 is 0 Å². The predicted octanol–water partition coefficient (Wildman–Crippen LogP) is 0.922. The summed E-state index contributed by atoms with van der Waals surface area (Å²) in [5.41, 5.74) is 6.34. The van der Waals surface area contributed by atoms with E-state index in [-0.39, 0.29) is 37.2 Å². The van der Waals surface area contributed by atoms with Crippen LogP contribution < -0.4 is 11.1 Å². The topological polar surface area (TPSA) is 75.4 Å². The summed E-state index contributed by atoms with van der Waals surface area (Å²) in [6, 6.07) is 9.77. The van der Waals surface area contributed by atoms with Crippen molar-refractivity contribution in [2.45, 2.75) is 19.9 Å². The molecule has 0 saturated heterocycles. The molecule has 3 N–H and O–H groups in total. The fourth-order valence-electron chi connectivity index (χ4n) is 1.69. The number of carbonyl (C=O) groups excluding carboxylic acids is 2. The van der Waals surface area contributed by atoms with Gasteiger partial charge in [0.15, 0.2) is 0 Å². The van der Waals surface area contributed by atoms with Gasteiger partial charge in [-0.25, -0.2) is 0 Å². The van der Waals surface area contributed by atoms with Gasteiger partial charge in [0, 0.05) is 26.1 Å². The number of carbonyl (C=O) groups is 2. The molecule has 0 saturated carbocycles. The molecule has 5 nitrogen and oxygen atoms in total. The highest BCUT2D eigenvalue weighted by atomic mass is 35.5. The molecule has 112 valence electrons. The normalized spacial score (nSPS) is 9.50. The van der Waals surface area contributed by atoms with Gasteiger partial charge >= 0.3 is 0 Å². The number of hydrogen-bond donors (Lipinski definition) is 2. The van der Waals surface area contributed by atoms with E-state index in [1.165, 1.54) is 0 Å². The summed E-state index contributed by atoms with van der Waals surface area (Å²) in [4.78, 5) is 24.9. The van der Waals surface area contributed by atoms with Gasteiger partial charge in [-0.15, -0.1) is 12.4 Å². The van der Waals surface area contributed by atoms with Gasteiger partial charge in [-0.3, -0.25) is 9.59 Å². The molecule has 6 heteroatoms. The van der Waals surface area contributed by atoms with Crippen LogP contribution in [0.5, 0.6) is 0 Å². The first-order chi connectivity index (χ1) is 9.17. The van der Waals surface area contributed by atoms with Crippen LogP contribution >= 0.6 is 12.4 Å². The van der Waals surface area contributed by atoms with Crippen molar-refractivity contribution < 1.29 is 9.59 Å². The van der Waals surface area contributed by atoms with Gasteiger partial charge in [-0.1, -0.05) is 30.3 Å². The van der Waals surface area contributed by atoms with Crippen LogP contribution in [0.25, 0.3) is 0 Å². The smallest absolute Gasteiger partial charge is 0.242 e. The Morgan fingerprint density at radius 2 is 1.90 bits per heavy atom. The third-order valence-corrected chi connectivity index (χ3v) is 2.76. The number of nitrogens with one attached hydrogen (secondary N) is 1. The summed E-state index contributed by atoms with van der Waals surface area (Å²) in [6.07, 6.45) is 0.248. The van der Waals surface area contributed by atoms with E-state index in [1.54, 1.807) is 4.90 Å². The lowest BCUT2D eigenvalue weighted by atomic mass is 10.2. The molecule has 0 fully saturated rings. The predicted molar refractivity (Wildman–Crippen MR) is 81.5 cm³/mol. The first-order valence-electron chi connectivity index (χ1n) is 6.45. The van der Waals surface area contributed by atoms with Crippen LogP contribution in [0.1, 0.15) is 18.9 Å². The van der Waals surface area contributed by atoms with Crippen LogP contribution in [0, 0.1) is 0 Å². The van der Waals surface area contributed by atoms with E-state index in [2.05, 4.69) is 5.32 Å². The lowest BCUT2D eigenvalue weighted by Crippen LogP contribution is -2.40. The van der Waals surface area contributed by atoms with Crippen LogP contribution in [-0.2, 0) is 16.1 Å². The first kappa shape index (κ1) is 18.4. The van der Waals surface area contributed by atoms with Crippen molar-refractivity contribution in [3.63, 3.8) is 0 Å². The Hall–Kier alpha value is -1.59. The van der Waals surface area contributed by atoms with Crippen LogP contribution in [0.3, 0.4) is 0 Å². The lowest BCUT2D eigenvalue weighted by molar-refractivity contribution is -0.133. The maximum atomic E-state index is 12.0. The van der Waals surface area contributed by atoms with E-state index in [4.69, 9.17) is 5.73 Å². The highest BCUT2D eigenvalue weighted by molar-refractivity contribution is 5.85. The number of nitrogens with two attached hydrogens (primary N) is 1. The Morgan fingerprint density at radius 3 is 2.45 bits per heavy atom. The summed E-state index contributed by atoms with van der Waals surface area (Å²) in [5, 5.41) is 2.57. The quantitative estimate of drug-likeness (QED) is 0.786. The van der Waals surface area contributed by atoms with Gasteiger partial charge in [0.25, 0.3) is 0 Å².